The minimum absolute atomic E-state index is 0.0544. The molecule has 0 fully saturated rings. The van der Waals surface area contributed by atoms with Crippen molar-refractivity contribution in [2.45, 2.75) is 25.9 Å². The normalized spacial score (nSPS) is 16.3. The molecule has 1 unspecified atom stereocenters. The molecular weight excluding hydrogens is 404 g/mol. The highest BCUT2D eigenvalue weighted by Gasteiger charge is 2.32. The fraction of sp³-hybridized carbons (Fsp3) is 0.227. The highest BCUT2D eigenvalue weighted by molar-refractivity contribution is 7.15. The van der Waals surface area contributed by atoms with Crippen LogP contribution in [0.3, 0.4) is 0 Å². The number of fused-ring (bicyclic) bond motifs is 2. The third-order valence-corrected chi connectivity index (χ3v) is 6.16. The Morgan fingerprint density at radius 1 is 1.20 bits per heavy atom. The number of carbonyl (C=O) groups excluding carboxylic acids is 2. The summed E-state index contributed by atoms with van der Waals surface area (Å²) in [5.74, 6) is 0.865. The highest BCUT2D eigenvalue weighted by Crippen LogP contribution is 2.35. The Hall–Kier alpha value is -3.39. The highest BCUT2D eigenvalue weighted by atomic mass is 32.1. The van der Waals surface area contributed by atoms with Gasteiger partial charge in [-0.25, -0.2) is 9.78 Å². The van der Waals surface area contributed by atoms with E-state index in [-0.39, 0.29) is 25.1 Å². The van der Waals surface area contributed by atoms with Crippen LogP contribution >= 0.6 is 11.3 Å². The van der Waals surface area contributed by atoms with Gasteiger partial charge in [0.2, 0.25) is 12.7 Å². The molecule has 8 heteroatoms. The lowest BCUT2D eigenvalue weighted by molar-refractivity contribution is -0.118. The van der Waals surface area contributed by atoms with Gasteiger partial charge in [0, 0.05) is 16.9 Å². The molecule has 1 amide bonds. The first-order valence-corrected chi connectivity index (χ1v) is 10.3. The second-order valence-electron chi connectivity index (χ2n) is 7.13. The average Bonchev–Trinajstić information content (AvgIpc) is 3.41. The molecule has 1 atom stereocenters. The molecule has 0 spiro atoms. The fourth-order valence-corrected chi connectivity index (χ4v) is 4.60. The Labute approximate surface area is 176 Å². The summed E-state index contributed by atoms with van der Waals surface area (Å²) < 4.78 is 16.1. The molecule has 2 aliphatic heterocycles. The van der Waals surface area contributed by atoms with Crippen molar-refractivity contribution in [3.63, 3.8) is 0 Å². The lowest BCUT2D eigenvalue weighted by atomic mass is 10.0. The first kappa shape index (κ1) is 18.6. The van der Waals surface area contributed by atoms with Crippen LogP contribution in [-0.2, 0) is 16.0 Å². The predicted octanol–water partition coefficient (Wildman–Crippen LogP) is 4.01. The molecule has 0 radical (unpaired) electrons. The monoisotopic (exact) mass is 422 g/mol. The van der Waals surface area contributed by atoms with E-state index < -0.39 is 6.10 Å². The molecule has 0 aliphatic carbocycles. The van der Waals surface area contributed by atoms with Gasteiger partial charge in [-0.15, -0.1) is 11.3 Å². The van der Waals surface area contributed by atoms with Crippen molar-refractivity contribution in [2.75, 3.05) is 12.1 Å². The summed E-state index contributed by atoms with van der Waals surface area (Å²) in [5.41, 5.74) is 3.21. The van der Waals surface area contributed by atoms with Crippen LogP contribution in [0.1, 0.15) is 44.6 Å². The van der Waals surface area contributed by atoms with Gasteiger partial charge < -0.3 is 19.5 Å². The van der Waals surface area contributed by atoms with Crippen molar-refractivity contribution >= 4 is 28.3 Å². The van der Waals surface area contributed by atoms with Crippen molar-refractivity contribution in [1.82, 2.24) is 4.98 Å². The minimum Gasteiger partial charge on any atom is -0.454 e. The third-order valence-electron chi connectivity index (χ3n) is 5.09. The maximum atomic E-state index is 12.5. The first-order valence-electron chi connectivity index (χ1n) is 9.51. The number of thiazole rings is 1. The number of benzene rings is 2. The Bertz CT molecular complexity index is 1160. The number of nitrogens with zero attached hydrogens (tertiary/aromatic N) is 1. The number of amides is 1. The van der Waals surface area contributed by atoms with E-state index in [2.05, 4.69) is 10.3 Å². The molecule has 1 aromatic heterocycles. The van der Waals surface area contributed by atoms with Crippen molar-refractivity contribution < 1.29 is 23.8 Å². The van der Waals surface area contributed by atoms with Gasteiger partial charge in [-0.2, -0.15) is 0 Å². The second kappa shape index (κ2) is 7.46. The summed E-state index contributed by atoms with van der Waals surface area (Å²) in [6.45, 7) is 2.17. The van der Waals surface area contributed by atoms with E-state index in [1.165, 1.54) is 11.3 Å². The number of aryl methyl sites for hydroxylation is 1. The predicted molar refractivity (Wildman–Crippen MR) is 110 cm³/mol. The molecule has 3 heterocycles. The molecule has 0 saturated carbocycles. The number of hydrogen-bond donors (Lipinski definition) is 1. The molecule has 3 aromatic rings. The Morgan fingerprint density at radius 3 is 2.93 bits per heavy atom. The zero-order chi connectivity index (χ0) is 20.7. The molecule has 152 valence electrons. The summed E-state index contributed by atoms with van der Waals surface area (Å²) in [6, 6.07) is 13.0. The van der Waals surface area contributed by atoms with Gasteiger partial charge in [0.05, 0.1) is 17.7 Å². The average molecular weight is 422 g/mol. The van der Waals surface area contributed by atoms with E-state index in [1.807, 2.05) is 37.3 Å². The molecular formula is C22H18N2O5S. The van der Waals surface area contributed by atoms with Crippen LogP contribution in [-0.4, -0.2) is 23.7 Å². The van der Waals surface area contributed by atoms with Crippen LogP contribution in [0.5, 0.6) is 11.5 Å². The van der Waals surface area contributed by atoms with E-state index >= 15 is 0 Å². The topological polar surface area (TPSA) is 86.8 Å². The van der Waals surface area contributed by atoms with Crippen molar-refractivity contribution in [1.29, 1.82) is 0 Å². The Morgan fingerprint density at radius 2 is 2.03 bits per heavy atom. The molecule has 2 aromatic carbocycles. The number of carbonyl (C=O) groups is 2. The smallest absolute Gasteiger partial charge is 0.339 e. The quantitative estimate of drug-likeness (QED) is 0.625. The number of rotatable bonds is 5. The molecule has 7 nitrogen and oxygen atoms in total. The molecule has 0 saturated heterocycles. The standard InChI is InChI=1S/C22H18N2O5S/c1-12-19(9-13-6-7-16-18(8-13)28-11-27-16)30-22(23-12)24-20(25)10-17-14-4-2-3-5-15(14)21(26)29-17/h2-8,17H,9-11H2,1H3,(H,23,24,25). The van der Waals surface area contributed by atoms with Gasteiger partial charge in [-0.3, -0.25) is 4.79 Å². The molecule has 5 rings (SSSR count). The maximum Gasteiger partial charge on any atom is 0.339 e. The van der Waals surface area contributed by atoms with Gasteiger partial charge >= 0.3 is 5.97 Å². The number of hydrogen-bond acceptors (Lipinski definition) is 7. The van der Waals surface area contributed by atoms with Crippen LogP contribution in [0, 0.1) is 6.92 Å². The van der Waals surface area contributed by atoms with E-state index in [0.717, 1.165) is 33.2 Å². The van der Waals surface area contributed by atoms with Crippen LogP contribution in [0.15, 0.2) is 42.5 Å². The summed E-state index contributed by atoms with van der Waals surface area (Å²) >= 11 is 1.44. The number of esters is 1. The molecule has 2 aliphatic rings. The molecule has 30 heavy (non-hydrogen) atoms. The lowest BCUT2D eigenvalue weighted by Gasteiger charge is -2.09. The van der Waals surface area contributed by atoms with Crippen LogP contribution in [0.4, 0.5) is 5.13 Å². The zero-order valence-corrected chi connectivity index (χ0v) is 17.0. The van der Waals surface area contributed by atoms with E-state index in [4.69, 9.17) is 14.2 Å². The maximum absolute atomic E-state index is 12.5. The van der Waals surface area contributed by atoms with Gasteiger partial charge in [-0.05, 0) is 30.7 Å². The second-order valence-corrected chi connectivity index (χ2v) is 8.21. The van der Waals surface area contributed by atoms with E-state index in [0.29, 0.717) is 17.1 Å². The first-order chi connectivity index (χ1) is 14.6. The zero-order valence-electron chi connectivity index (χ0n) is 16.1. The SMILES string of the molecule is Cc1nc(NC(=O)CC2OC(=O)c3ccccc32)sc1Cc1ccc2c(c1)OCO2. The van der Waals surface area contributed by atoms with Gasteiger partial charge in [-0.1, -0.05) is 24.3 Å². The number of nitrogens with one attached hydrogen (secondary N) is 1. The molecule has 1 N–H and O–H groups in total. The minimum atomic E-state index is -0.567. The van der Waals surface area contributed by atoms with Gasteiger partial charge in [0.1, 0.15) is 6.10 Å². The van der Waals surface area contributed by atoms with Gasteiger partial charge in [0.25, 0.3) is 0 Å². The number of cyclic esters (lactones) is 1. The van der Waals surface area contributed by atoms with Crippen LogP contribution < -0.4 is 14.8 Å². The Kier molecular flexibility index (Phi) is 4.63. The molecule has 0 bridgehead atoms. The van der Waals surface area contributed by atoms with Crippen molar-refractivity contribution in [3.8, 4) is 11.5 Å². The summed E-state index contributed by atoms with van der Waals surface area (Å²) in [7, 11) is 0. The van der Waals surface area contributed by atoms with Crippen molar-refractivity contribution in [3.05, 3.63) is 69.7 Å². The Balaban J connectivity index is 1.25. The largest absolute Gasteiger partial charge is 0.454 e. The van der Waals surface area contributed by atoms with E-state index in [9.17, 15) is 9.59 Å². The van der Waals surface area contributed by atoms with Gasteiger partial charge in [0.15, 0.2) is 16.6 Å². The van der Waals surface area contributed by atoms with Crippen LogP contribution in [0.2, 0.25) is 0 Å². The number of anilines is 1. The number of aromatic nitrogens is 1. The summed E-state index contributed by atoms with van der Waals surface area (Å²) in [4.78, 5) is 30.0. The third kappa shape index (κ3) is 3.50. The van der Waals surface area contributed by atoms with Crippen LogP contribution in [0.25, 0.3) is 0 Å². The van der Waals surface area contributed by atoms with E-state index in [1.54, 1.807) is 12.1 Å². The summed E-state index contributed by atoms with van der Waals surface area (Å²) in [6.07, 6.45) is 0.172. The fourth-order valence-electron chi connectivity index (χ4n) is 3.59. The lowest BCUT2D eigenvalue weighted by Crippen LogP contribution is -2.15. The summed E-state index contributed by atoms with van der Waals surface area (Å²) in [5, 5.41) is 3.37. The number of ether oxygens (including phenoxy) is 3. The van der Waals surface area contributed by atoms with Crippen molar-refractivity contribution in [2.24, 2.45) is 0 Å².